The van der Waals surface area contributed by atoms with Crippen LogP contribution in [0.25, 0.3) is 0 Å². The number of fused-ring (bicyclic) bond motifs is 1. The monoisotopic (exact) mass is 332 g/mol. The van der Waals surface area contributed by atoms with Gasteiger partial charge in [-0.3, -0.25) is 4.90 Å². The highest BCUT2D eigenvalue weighted by molar-refractivity contribution is 7.71. The zero-order chi connectivity index (χ0) is 13.4. The predicted octanol–water partition coefficient (Wildman–Crippen LogP) is 3.46. The molecule has 0 amide bonds. The minimum absolute atomic E-state index is 0.489. The van der Waals surface area contributed by atoms with Gasteiger partial charge in [-0.25, -0.2) is 9.97 Å². The highest BCUT2D eigenvalue weighted by Crippen LogP contribution is 2.29. The predicted molar refractivity (Wildman–Crippen MR) is 79.4 cm³/mol. The fraction of sp³-hybridized carbons (Fsp3) is 0.364. The molecule has 1 aliphatic rings. The lowest BCUT2D eigenvalue weighted by Gasteiger charge is -2.27. The number of aromatic amines is 1. The van der Waals surface area contributed by atoms with Crippen molar-refractivity contribution < 1.29 is 0 Å². The molecule has 2 aromatic rings. The molecular weight excluding hydrogens is 323 g/mol. The van der Waals surface area contributed by atoms with Crippen molar-refractivity contribution in [1.29, 1.82) is 0 Å². The molecule has 0 unspecified atom stereocenters. The Morgan fingerprint density at radius 2 is 2.32 bits per heavy atom. The van der Waals surface area contributed by atoms with Crippen LogP contribution in [0.5, 0.6) is 0 Å². The standard InChI is InChI=1S/C11H10Cl2N4S2/c12-9-8(19-10(13)16-9)5-17-2-1-7-6(4-17)3-14-11(18)15-7/h3H,1-2,4-5H2,(H,14,15,18). The summed E-state index contributed by atoms with van der Waals surface area (Å²) in [5.74, 6) is 0. The Morgan fingerprint density at radius 1 is 1.47 bits per heavy atom. The summed E-state index contributed by atoms with van der Waals surface area (Å²) in [6.07, 6.45) is 2.78. The van der Waals surface area contributed by atoms with E-state index < -0.39 is 0 Å². The molecule has 3 heterocycles. The van der Waals surface area contributed by atoms with Crippen molar-refractivity contribution in [2.45, 2.75) is 19.5 Å². The van der Waals surface area contributed by atoms with Gasteiger partial charge in [0.25, 0.3) is 0 Å². The molecule has 0 atom stereocenters. The van der Waals surface area contributed by atoms with Gasteiger partial charge in [0.05, 0.1) is 4.88 Å². The molecule has 0 bridgehead atoms. The maximum atomic E-state index is 6.04. The van der Waals surface area contributed by atoms with Gasteiger partial charge >= 0.3 is 0 Å². The molecule has 0 aliphatic carbocycles. The second-order valence-electron chi connectivity index (χ2n) is 4.33. The lowest BCUT2D eigenvalue weighted by molar-refractivity contribution is 0.245. The third-order valence-electron chi connectivity index (χ3n) is 3.05. The van der Waals surface area contributed by atoms with Gasteiger partial charge in [-0.1, -0.05) is 23.2 Å². The second-order valence-corrected chi connectivity index (χ2v) is 6.74. The molecule has 100 valence electrons. The molecule has 3 rings (SSSR count). The summed E-state index contributed by atoms with van der Waals surface area (Å²) >= 11 is 18.4. The SMILES string of the molecule is S=c1ncc2c([nH]1)CCN(Cc1sc(Cl)nc1Cl)C2. The smallest absolute Gasteiger partial charge is 0.196 e. The van der Waals surface area contributed by atoms with Gasteiger partial charge in [0.1, 0.15) is 5.15 Å². The van der Waals surface area contributed by atoms with Gasteiger partial charge in [0.15, 0.2) is 9.24 Å². The Balaban J connectivity index is 1.77. The zero-order valence-corrected chi connectivity index (χ0v) is 13.0. The number of nitrogens with one attached hydrogen (secondary N) is 1. The molecule has 1 aliphatic heterocycles. The Morgan fingerprint density at radius 3 is 3.05 bits per heavy atom. The number of rotatable bonds is 2. The second kappa shape index (κ2) is 5.46. The van der Waals surface area contributed by atoms with Gasteiger partial charge in [-0.15, -0.1) is 11.3 Å². The van der Waals surface area contributed by atoms with Crippen LogP contribution in [-0.2, 0) is 19.5 Å². The van der Waals surface area contributed by atoms with Crippen LogP contribution in [0.4, 0.5) is 0 Å². The Labute approximate surface area is 129 Å². The third-order valence-corrected chi connectivity index (χ3v) is 4.82. The average molecular weight is 333 g/mol. The fourth-order valence-electron chi connectivity index (χ4n) is 2.15. The number of hydrogen-bond acceptors (Lipinski definition) is 5. The fourth-order valence-corrected chi connectivity index (χ4v) is 3.76. The van der Waals surface area contributed by atoms with E-state index in [1.165, 1.54) is 22.6 Å². The molecule has 19 heavy (non-hydrogen) atoms. The van der Waals surface area contributed by atoms with Crippen molar-refractivity contribution in [1.82, 2.24) is 19.9 Å². The largest absolute Gasteiger partial charge is 0.334 e. The number of nitrogens with zero attached hydrogens (tertiary/aromatic N) is 3. The maximum absolute atomic E-state index is 6.04. The normalized spacial score (nSPS) is 15.5. The van der Waals surface area contributed by atoms with E-state index in [1.807, 2.05) is 6.20 Å². The van der Waals surface area contributed by atoms with E-state index in [0.29, 0.717) is 14.4 Å². The van der Waals surface area contributed by atoms with Gasteiger partial charge in [0.2, 0.25) is 0 Å². The van der Waals surface area contributed by atoms with E-state index in [9.17, 15) is 0 Å². The molecule has 0 radical (unpaired) electrons. The van der Waals surface area contributed by atoms with Crippen molar-refractivity contribution in [3.63, 3.8) is 0 Å². The van der Waals surface area contributed by atoms with E-state index in [0.717, 1.165) is 30.9 Å². The van der Waals surface area contributed by atoms with Crippen LogP contribution in [0.1, 0.15) is 16.1 Å². The molecule has 4 nitrogen and oxygen atoms in total. The number of aromatic nitrogens is 3. The molecule has 0 fully saturated rings. The Hall–Kier alpha value is -0.530. The quantitative estimate of drug-likeness (QED) is 0.855. The van der Waals surface area contributed by atoms with Crippen molar-refractivity contribution in [3.8, 4) is 0 Å². The van der Waals surface area contributed by atoms with Gasteiger partial charge in [-0.2, -0.15) is 0 Å². The van der Waals surface area contributed by atoms with E-state index in [-0.39, 0.29) is 0 Å². The van der Waals surface area contributed by atoms with Gasteiger partial charge < -0.3 is 4.98 Å². The minimum atomic E-state index is 0.489. The number of halogens is 2. The average Bonchev–Trinajstić information content (AvgIpc) is 2.68. The van der Waals surface area contributed by atoms with Crippen molar-refractivity contribution in [2.24, 2.45) is 0 Å². The van der Waals surface area contributed by atoms with E-state index in [1.54, 1.807) is 0 Å². The summed E-state index contributed by atoms with van der Waals surface area (Å²) < 4.78 is 1.03. The van der Waals surface area contributed by atoms with Gasteiger partial charge in [-0.05, 0) is 12.2 Å². The number of thiazole rings is 1. The number of hydrogen-bond donors (Lipinski definition) is 1. The van der Waals surface area contributed by atoms with Crippen LogP contribution in [0.2, 0.25) is 9.62 Å². The molecule has 2 aromatic heterocycles. The first-order valence-electron chi connectivity index (χ1n) is 5.72. The molecular formula is C11H10Cl2N4S2. The van der Waals surface area contributed by atoms with Crippen molar-refractivity contribution in [3.05, 3.63) is 36.7 Å². The maximum Gasteiger partial charge on any atom is 0.196 e. The lowest BCUT2D eigenvalue weighted by Crippen LogP contribution is -2.30. The van der Waals surface area contributed by atoms with Crippen LogP contribution in [-0.4, -0.2) is 26.4 Å². The van der Waals surface area contributed by atoms with Crippen molar-refractivity contribution in [2.75, 3.05) is 6.54 Å². The van der Waals surface area contributed by atoms with Crippen LogP contribution in [0, 0.1) is 4.77 Å². The zero-order valence-electron chi connectivity index (χ0n) is 9.82. The molecule has 1 N–H and O–H groups in total. The summed E-state index contributed by atoms with van der Waals surface area (Å²) in [6, 6.07) is 0. The highest BCUT2D eigenvalue weighted by Gasteiger charge is 2.19. The van der Waals surface area contributed by atoms with E-state index in [2.05, 4.69) is 19.9 Å². The topological polar surface area (TPSA) is 44.8 Å². The van der Waals surface area contributed by atoms with Crippen molar-refractivity contribution >= 4 is 46.8 Å². The summed E-state index contributed by atoms with van der Waals surface area (Å²) in [5.41, 5.74) is 2.37. The van der Waals surface area contributed by atoms with Crippen LogP contribution < -0.4 is 0 Å². The van der Waals surface area contributed by atoms with E-state index in [4.69, 9.17) is 35.4 Å². The Kier molecular flexibility index (Phi) is 3.86. The Bertz CT molecular complexity index is 667. The first-order valence-corrected chi connectivity index (χ1v) is 7.70. The molecule has 0 saturated carbocycles. The summed E-state index contributed by atoms with van der Waals surface area (Å²) in [5, 5.41) is 0.506. The summed E-state index contributed by atoms with van der Waals surface area (Å²) in [7, 11) is 0. The molecule has 0 saturated heterocycles. The van der Waals surface area contributed by atoms with Crippen LogP contribution >= 0.6 is 46.8 Å². The highest BCUT2D eigenvalue weighted by atomic mass is 35.5. The summed E-state index contributed by atoms with van der Waals surface area (Å²) in [6.45, 7) is 2.55. The van der Waals surface area contributed by atoms with Crippen LogP contribution in [0.3, 0.4) is 0 Å². The minimum Gasteiger partial charge on any atom is -0.334 e. The molecule has 8 heteroatoms. The lowest BCUT2D eigenvalue weighted by atomic mass is 10.1. The summed E-state index contributed by atoms with van der Waals surface area (Å²) in [4.78, 5) is 14.6. The first kappa shape index (κ1) is 13.5. The molecule has 0 aromatic carbocycles. The molecule has 0 spiro atoms. The van der Waals surface area contributed by atoms with Crippen LogP contribution in [0.15, 0.2) is 6.20 Å². The first-order chi connectivity index (χ1) is 9.11. The van der Waals surface area contributed by atoms with E-state index >= 15 is 0 Å². The number of H-pyrrole nitrogens is 1. The van der Waals surface area contributed by atoms with Gasteiger partial charge in [0, 0.05) is 43.5 Å². The third kappa shape index (κ3) is 2.98.